The first-order valence-corrected chi connectivity index (χ1v) is 19.9. The summed E-state index contributed by atoms with van der Waals surface area (Å²) in [6.07, 6.45) is 0.291. The van der Waals surface area contributed by atoms with Gasteiger partial charge in [0.1, 0.15) is 0 Å². The molecule has 2 aliphatic rings. The number of hydrogen-bond acceptors (Lipinski definition) is 4. The molecule has 7 heteroatoms. The van der Waals surface area contributed by atoms with Crippen LogP contribution in [0.2, 0.25) is 0 Å². The zero-order chi connectivity index (χ0) is 33.7. The molecule has 0 aromatic heterocycles. The van der Waals surface area contributed by atoms with Crippen LogP contribution < -0.4 is 19.4 Å². The van der Waals surface area contributed by atoms with E-state index in [0.717, 1.165) is 30.1 Å². The third kappa shape index (κ3) is 7.71. The molecule has 46 heavy (non-hydrogen) atoms. The van der Waals surface area contributed by atoms with Crippen LogP contribution in [0.3, 0.4) is 0 Å². The molecular weight excluding hydrogens is 679 g/mol. The first-order chi connectivity index (χ1) is 21.9. The quantitative estimate of drug-likeness (QED) is 0.171. The predicted octanol–water partition coefficient (Wildman–Crippen LogP) is 9.83. The topological polar surface area (TPSA) is 36.0 Å². The van der Waals surface area contributed by atoms with Gasteiger partial charge in [-0.15, -0.1) is 0 Å². The van der Waals surface area contributed by atoms with E-state index in [1.54, 1.807) is 11.9 Å². The number of para-hydroxylation sites is 3. The Kier molecular flexibility index (Phi) is 12.5. The van der Waals surface area contributed by atoms with Gasteiger partial charge in [0.25, 0.3) is 0 Å². The number of amides is 1. The van der Waals surface area contributed by atoms with E-state index in [9.17, 15) is 4.79 Å². The van der Waals surface area contributed by atoms with Crippen molar-refractivity contribution in [3.8, 4) is 5.75 Å². The number of benzene rings is 3. The standard InChI is InChI=1S/C27H39N2.C12H13NO2.ClH.Ru/c1-18(2)22-11-9-12-23(19(3)4)26(22)28-15-16-29(17-28)27-24(20(5)6)13-10-14-25(27)21(7)8;1-4-10-12(14)13(3)9-7-5-6-8(2)11(9)15-10;;/h9-14,17-21H,15-16H2,1-8H3;2,5-7,10H,4H2,1,3H3;1H;/q-1;;;+1/p-1. The number of hydrogen-bond donors (Lipinski definition) is 0. The minimum atomic E-state index is -0.381. The van der Waals surface area contributed by atoms with Crippen molar-refractivity contribution in [1.29, 1.82) is 0 Å². The Labute approximate surface area is 289 Å². The molecule has 0 saturated carbocycles. The minimum absolute atomic E-state index is 0.0101. The number of rotatable bonds is 8. The maximum atomic E-state index is 12.0. The molecule has 0 aliphatic carbocycles. The van der Waals surface area contributed by atoms with Gasteiger partial charge in [0.05, 0.1) is 0 Å². The summed E-state index contributed by atoms with van der Waals surface area (Å²) >= 11 is -0.307. The molecule has 0 radical (unpaired) electrons. The van der Waals surface area contributed by atoms with Crippen LogP contribution in [0, 0.1) is 6.67 Å². The van der Waals surface area contributed by atoms with Crippen LogP contribution in [0.15, 0.2) is 54.6 Å². The predicted molar refractivity (Wildman–Crippen MR) is 194 cm³/mol. The van der Waals surface area contributed by atoms with Gasteiger partial charge in [-0.05, 0) is 45.9 Å². The van der Waals surface area contributed by atoms with Crippen molar-refractivity contribution in [2.24, 2.45) is 0 Å². The molecule has 5 rings (SSSR count). The van der Waals surface area contributed by atoms with E-state index in [1.807, 2.05) is 29.7 Å². The Balaban J connectivity index is 0.000000240. The van der Waals surface area contributed by atoms with Gasteiger partial charge < -0.3 is 9.80 Å². The van der Waals surface area contributed by atoms with Gasteiger partial charge in [-0.2, -0.15) is 6.67 Å². The summed E-state index contributed by atoms with van der Waals surface area (Å²) in [7, 11) is 7.59. The summed E-state index contributed by atoms with van der Waals surface area (Å²) in [6.45, 7) is 24.8. The van der Waals surface area contributed by atoms with E-state index in [-0.39, 0.29) is 27.7 Å². The second kappa shape index (κ2) is 15.9. The van der Waals surface area contributed by atoms with Crippen LogP contribution in [-0.4, -0.2) is 36.8 Å². The third-order valence-corrected chi connectivity index (χ3v) is 10.1. The Morgan fingerprint density at radius 1 is 0.804 bits per heavy atom. The van der Waals surface area contributed by atoms with Gasteiger partial charge >= 0.3 is 112 Å². The van der Waals surface area contributed by atoms with Crippen molar-refractivity contribution < 1.29 is 25.2 Å². The molecule has 0 spiro atoms. The number of ether oxygens (including phenoxy) is 1. The number of carbonyl (C=O) groups excluding carboxylic acids is 1. The van der Waals surface area contributed by atoms with Gasteiger partial charge in [0.2, 0.25) is 0 Å². The van der Waals surface area contributed by atoms with Crippen LogP contribution in [0.25, 0.3) is 0 Å². The molecule has 3 aromatic rings. The van der Waals surface area contributed by atoms with Gasteiger partial charge in [-0.3, -0.25) is 0 Å². The summed E-state index contributed by atoms with van der Waals surface area (Å²) in [4.78, 5) is 18.6. The number of carbonyl (C=O) groups is 1. The molecule has 0 N–H and O–H groups in total. The van der Waals surface area contributed by atoms with Crippen molar-refractivity contribution >= 4 is 37.3 Å². The Morgan fingerprint density at radius 2 is 1.24 bits per heavy atom. The van der Waals surface area contributed by atoms with Crippen molar-refractivity contribution in [2.75, 3.05) is 34.8 Å². The van der Waals surface area contributed by atoms with Crippen LogP contribution in [0.4, 0.5) is 17.1 Å². The van der Waals surface area contributed by atoms with Crippen LogP contribution in [0.5, 0.6) is 5.75 Å². The summed E-state index contributed by atoms with van der Waals surface area (Å²) in [5.41, 5.74) is 10.5. The summed E-state index contributed by atoms with van der Waals surface area (Å²) < 4.78 is 7.76. The first-order valence-electron chi connectivity index (χ1n) is 16.7. The van der Waals surface area contributed by atoms with E-state index in [4.69, 9.17) is 14.4 Å². The van der Waals surface area contributed by atoms with Crippen LogP contribution >= 0.6 is 9.69 Å². The number of fused-ring (bicyclic) bond motifs is 1. The number of likely N-dealkylation sites (N-methyl/N-ethyl adjacent to an activating group) is 1. The molecule has 5 nitrogen and oxygen atoms in total. The second-order valence-corrected chi connectivity index (χ2v) is 15.3. The maximum absolute atomic E-state index is 12.0. The molecule has 1 amide bonds. The average Bonchev–Trinajstić information content (AvgIpc) is 3.52. The first kappa shape index (κ1) is 36.2. The van der Waals surface area contributed by atoms with Crippen LogP contribution in [0.1, 0.15) is 120 Å². The van der Waals surface area contributed by atoms with E-state index in [1.165, 1.54) is 33.6 Å². The Hall–Kier alpha value is -2.69. The van der Waals surface area contributed by atoms with Gasteiger partial charge in [0.15, 0.2) is 0 Å². The second-order valence-electron chi connectivity index (χ2n) is 13.5. The van der Waals surface area contributed by atoms with Crippen LogP contribution in [-0.2, 0) is 20.5 Å². The molecule has 2 heterocycles. The van der Waals surface area contributed by atoms with E-state index in [0.29, 0.717) is 30.1 Å². The molecule has 0 bridgehead atoms. The SMILES string of the molecule is CC(C)c1cccc(C(C)C)c1N1[CH-]N(c2c(C(C)C)cccc2C(C)C)CC1.CCC1Oc2c([CH]=[Ru][Cl])cccc2N(C)C1=O. The number of nitrogens with zero attached hydrogens (tertiary/aromatic N) is 3. The summed E-state index contributed by atoms with van der Waals surface area (Å²) in [5, 5.41) is 0. The fraction of sp³-hybridized carbons (Fsp3) is 0.462. The fourth-order valence-corrected chi connectivity index (χ4v) is 7.46. The van der Waals surface area contributed by atoms with Gasteiger partial charge in [-0.25, -0.2) is 0 Å². The molecule has 1 unspecified atom stereocenters. The van der Waals surface area contributed by atoms with E-state index in [2.05, 4.69) is 108 Å². The van der Waals surface area contributed by atoms with Gasteiger partial charge in [-0.1, -0.05) is 91.8 Å². The van der Waals surface area contributed by atoms with Crippen molar-refractivity contribution in [3.63, 3.8) is 0 Å². The molecule has 1 fully saturated rings. The average molecular weight is 731 g/mol. The molecule has 1 saturated heterocycles. The normalized spacial score (nSPS) is 16.7. The molecule has 2 aliphatic heterocycles. The Bertz CT molecular complexity index is 1410. The van der Waals surface area contributed by atoms with Gasteiger partial charge in [0, 0.05) is 24.5 Å². The molecular formula is C39H52ClN3O2Ru-. The molecule has 3 aromatic carbocycles. The summed E-state index contributed by atoms with van der Waals surface area (Å²) in [5.74, 6) is 2.84. The van der Waals surface area contributed by atoms with E-state index < -0.39 is 0 Å². The van der Waals surface area contributed by atoms with Crippen molar-refractivity contribution in [1.82, 2.24) is 0 Å². The molecule has 251 valence electrons. The van der Waals surface area contributed by atoms with Crippen molar-refractivity contribution in [2.45, 2.75) is 98.5 Å². The fourth-order valence-electron chi connectivity index (χ4n) is 6.37. The third-order valence-electron chi connectivity index (χ3n) is 8.89. The summed E-state index contributed by atoms with van der Waals surface area (Å²) in [6, 6.07) is 19.5. The van der Waals surface area contributed by atoms with Crippen molar-refractivity contribution in [3.05, 3.63) is 89.1 Å². The van der Waals surface area contributed by atoms with E-state index >= 15 is 0 Å². The zero-order valence-corrected chi connectivity index (χ0v) is 31.7. The zero-order valence-electron chi connectivity index (χ0n) is 29.2. The monoisotopic (exact) mass is 731 g/mol. The number of halogens is 1. The molecule has 1 atom stereocenters. The number of anilines is 3. The Morgan fingerprint density at radius 3 is 1.63 bits per heavy atom.